The number of hydrogen-bond donors (Lipinski definition) is 1. The van der Waals surface area contributed by atoms with Gasteiger partial charge in [0.15, 0.2) is 12.0 Å². The summed E-state index contributed by atoms with van der Waals surface area (Å²) in [7, 11) is 1.53. The molecule has 4 aromatic rings. The maximum absolute atomic E-state index is 13.8. The van der Waals surface area contributed by atoms with Crippen LogP contribution in [-0.2, 0) is 23.4 Å². The molecule has 1 aliphatic rings. The number of hydrogen-bond acceptors (Lipinski definition) is 5. The zero-order chi connectivity index (χ0) is 24.6. The molecule has 2 aromatic heterocycles. The maximum atomic E-state index is 13.8. The number of carbonyl (C=O) groups excluding carboxylic acids is 1. The second kappa shape index (κ2) is 9.43. The van der Waals surface area contributed by atoms with Crippen LogP contribution in [0.4, 0.5) is 0 Å². The number of pyridine rings is 1. The highest BCUT2D eigenvalue weighted by atomic mass is 35.5. The van der Waals surface area contributed by atoms with Crippen molar-refractivity contribution in [3.63, 3.8) is 0 Å². The summed E-state index contributed by atoms with van der Waals surface area (Å²) in [6, 6.07) is 18.2. The summed E-state index contributed by atoms with van der Waals surface area (Å²) >= 11 is 12.2. The van der Waals surface area contributed by atoms with Gasteiger partial charge in [0, 0.05) is 54.0 Å². The lowest BCUT2D eigenvalue weighted by molar-refractivity contribution is -0.171. The molecule has 9 heteroatoms. The Balaban J connectivity index is 1.69. The molecule has 178 valence electrons. The van der Waals surface area contributed by atoms with Crippen LogP contribution in [0.3, 0.4) is 0 Å². The highest BCUT2D eigenvalue weighted by Gasteiger charge is 2.54. The van der Waals surface area contributed by atoms with E-state index in [-0.39, 0.29) is 18.9 Å². The highest BCUT2D eigenvalue weighted by molar-refractivity contribution is 6.30. The number of methoxy groups -OCH3 is 1. The number of nitrogens with zero attached hydrogens (tertiary/aromatic N) is 4. The van der Waals surface area contributed by atoms with E-state index in [0.717, 1.165) is 11.1 Å². The third-order valence-corrected chi connectivity index (χ3v) is 6.68. The van der Waals surface area contributed by atoms with Crippen molar-refractivity contribution >= 4 is 29.1 Å². The average molecular weight is 509 g/mol. The van der Waals surface area contributed by atoms with Crippen molar-refractivity contribution in [2.75, 3.05) is 7.11 Å². The van der Waals surface area contributed by atoms with Crippen molar-refractivity contribution in [2.45, 2.75) is 24.9 Å². The van der Waals surface area contributed by atoms with Crippen LogP contribution in [0.15, 0.2) is 79.3 Å². The van der Waals surface area contributed by atoms with E-state index in [9.17, 15) is 9.90 Å². The van der Waals surface area contributed by atoms with Gasteiger partial charge in [-0.1, -0.05) is 47.5 Å². The maximum Gasteiger partial charge on any atom is 0.258 e. The number of aromatic nitrogens is 3. The smallest absolute Gasteiger partial charge is 0.258 e. The molecule has 3 heterocycles. The van der Waals surface area contributed by atoms with Crippen molar-refractivity contribution in [3.05, 3.63) is 106 Å². The van der Waals surface area contributed by atoms with Gasteiger partial charge in [-0.2, -0.15) is 5.10 Å². The Morgan fingerprint density at radius 2 is 1.77 bits per heavy atom. The molecule has 1 aliphatic heterocycles. The zero-order valence-electron chi connectivity index (χ0n) is 18.8. The van der Waals surface area contributed by atoms with Gasteiger partial charge in [0.25, 0.3) is 5.91 Å². The number of ether oxygens (including phenoxy) is 1. The van der Waals surface area contributed by atoms with Gasteiger partial charge in [-0.05, 0) is 47.5 Å². The molecule has 2 aromatic carbocycles. The van der Waals surface area contributed by atoms with E-state index in [1.807, 2.05) is 24.3 Å². The number of aliphatic hydroxyl groups is 1. The van der Waals surface area contributed by atoms with Crippen molar-refractivity contribution in [1.29, 1.82) is 0 Å². The fraction of sp³-hybridized carbons (Fsp3) is 0.192. The topological polar surface area (TPSA) is 80.5 Å². The lowest BCUT2D eigenvalue weighted by Gasteiger charge is -2.41. The van der Waals surface area contributed by atoms with Crippen LogP contribution >= 0.6 is 23.2 Å². The van der Waals surface area contributed by atoms with Gasteiger partial charge in [-0.25, -0.2) is 0 Å². The van der Waals surface area contributed by atoms with E-state index in [2.05, 4.69) is 10.1 Å². The molecule has 2 atom stereocenters. The van der Waals surface area contributed by atoms with Crippen LogP contribution in [0.1, 0.15) is 21.6 Å². The van der Waals surface area contributed by atoms with E-state index in [0.29, 0.717) is 26.9 Å². The molecule has 1 N–H and O–H groups in total. The van der Waals surface area contributed by atoms with Crippen LogP contribution in [0.25, 0.3) is 11.1 Å². The Bertz CT molecular complexity index is 1340. The minimum Gasteiger partial charge on any atom is -0.371 e. The summed E-state index contributed by atoms with van der Waals surface area (Å²) in [4.78, 5) is 19.7. The molecule has 1 unspecified atom stereocenters. The van der Waals surface area contributed by atoms with Crippen LogP contribution in [0.2, 0.25) is 10.0 Å². The highest BCUT2D eigenvalue weighted by Crippen LogP contribution is 2.47. The van der Waals surface area contributed by atoms with E-state index in [1.165, 1.54) is 12.0 Å². The predicted molar refractivity (Wildman–Crippen MR) is 133 cm³/mol. The molecule has 1 amide bonds. The molecule has 0 spiro atoms. The first-order valence-electron chi connectivity index (χ1n) is 11.0. The monoisotopic (exact) mass is 508 g/mol. The molecule has 0 radical (unpaired) electrons. The van der Waals surface area contributed by atoms with Gasteiger partial charge in [-0.3, -0.25) is 19.4 Å². The Hall–Kier alpha value is -3.23. The van der Waals surface area contributed by atoms with E-state index < -0.39 is 12.0 Å². The normalized spacial score (nSPS) is 18.1. The SMILES string of the molecule is CO[C@]1(Cc2ccc(Cl)cn2)c2c(cccc2-c2ccc(Cl)cc2)C(=O)N1C(O)Cn1cccn1. The Labute approximate surface area is 212 Å². The second-order valence-corrected chi connectivity index (χ2v) is 9.12. The second-order valence-electron chi connectivity index (χ2n) is 8.25. The first-order chi connectivity index (χ1) is 16.9. The fourth-order valence-corrected chi connectivity index (χ4v) is 4.91. The minimum absolute atomic E-state index is 0.0716. The summed E-state index contributed by atoms with van der Waals surface area (Å²) in [6.45, 7) is 0.0716. The molecule has 0 saturated carbocycles. The molecule has 0 saturated heterocycles. The zero-order valence-corrected chi connectivity index (χ0v) is 20.3. The number of amides is 1. The van der Waals surface area contributed by atoms with E-state index >= 15 is 0 Å². The van der Waals surface area contributed by atoms with Crippen LogP contribution in [0, 0.1) is 0 Å². The summed E-state index contributed by atoms with van der Waals surface area (Å²) in [5.41, 5.74) is 2.10. The van der Waals surface area contributed by atoms with Crippen molar-refractivity contribution < 1.29 is 14.6 Å². The van der Waals surface area contributed by atoms with Crippen molar-refractivity contribution in [3.8, 4) is 11.1 Å². The van der Waals surface area contributed by atoms with Gasteiger partial charge >= 0.3 is 0 Å². The van der Waals surface area contributed by atoms with Crippen LogP contribution in [-0.4, -0.2) is 44.0 Å². The molecule has 5 rings (SSSR count). The van der Waals surface area contributed by atoms with Gasteiger partial charge in [-0.15, -0.1) is 0 Å². The lowest BCUT2D eigenvalue weighted by atomic mass is 9.88. The number of benzene rings is 2. The number of fused-ring (bicyclic) bond motifs is 1. The molecule has 0 bridgehead atoms. The first kappa shape index (κ1) is 23.5. The summed E-state index contributed by atoms with van der Waals surface area (Å²) in [5.74, 6) is -0.341. The molecular formula is C26H22Cl2N4O3. The number of carbonyl (C=O) groups is 1. The Kier molecular flexibility index (Phi) is 6.34. The lowest BCUT2D eigenvalue weighted by Crippen LogP contribution is -2.53. The van der Waals surface area contributed by atoms with Crippen molar-refractivity contribution in [2.24, 2.45) is 0 Å². The van der Waals surface area contributed by atoms with Crippen LogP contribution < -0.4 is 0 Å². The third-order valence-electron chi connectivity index (χ3n) is 6.20. The van der Waals surface area contributed by atoms with Crippen molar-refractivity contribution in [1.82, 2.24) is 19.7 Å². The standard InChI is InChI=1S/C26H22Cl2N4O3/c1-35-26(14-20-11-10-19(28)15-29-20)24-21(17-6-8-18(27)9-7-17)4-2-5-22(24)25(34)32(26)23(33)16-31-13-3-12-30-31/h2-13,15,23,33H,14,16H2,1H3/t23?,26-/m1/s1. The number of aliphatic hydroxyl groups excluding tert-OH is 1. The summed E-state index contributed by atoms with van der Waals surface area (Å²) in [6.07, 6.45) is 3.87. The van der Waals surface area contributed by atoms with Gasteiger partial charge < -0.3 is 9.84 Å². The number of rotatable bonds is 7. The predicted octanol–water partition coefficient (Wildman–Crippen LogP) is 4.77. The van der Waals surface area contributed by atoms with Gasteiger partial charge in [0.1, 0.15) is 0 Å². The van der Waals surface area contributed by atoms with E-state index in [1.54, 1.807) is 59.7 Å². The average Bonchev–Trinajstić information content (AvgIpc) is 3.46. The van der Waals surface area contributed by atoms with E-state index in [4.69, 9.17) is 27.9 Å². The molecule has 0 fully saturated rings. The van der Waals surface area contributed by atoms with Gasteiger partial charge in [0.05, 0.1) is 11.6 Å². The molecular weight excluding hydrogens is 487 g/mol. The number of halogens is 2. The first-order valence-corrected chi connectivity index (χ1v) is 11.7. The summed E-state index contributed by atoms with van der Waals surface area (Å²) < 4.78 is 7.76. The third kappa shape index (κ3) is 4.21. The molecule has 7 nitrogen and oxygen atoms in total. The quantitative estimate of drug-likeness (QED) is 0.388. The fourth-order valence-electron chi connectivity index (χ4n) is 4.67. The molecule has 0 aliphatic carbocycles. The van der Waals surface area contributed by atoms with Gasteiger partial charge in [0.2, 0.25) is 0 Å². The Morgan fingerprint density at radius 1 is 1.03 bits per heavy atom. The minimum atomic E-state index is -1.34. The molecule has 35 heavy (non-hydrogen) atoms. The van der Waals surface area contributed by atoms with Crippen LogP contribution in [0.5, 0.6) is 0 Å². The Morgan fingerprint density at radius 3 is 2.43 bits per heavy atom. The summed E-state index contributed by atoms with van der Waals surface area (Å²) in [5, 5.41) is 16.6. The largest absolute Gasteiger partial charge is 0.371 e.